The number of carboxylic acid groups (broad SMARTS) is 1. The van der Waals surface area contributed by atoms with Crippen LogP contribution in [0.1, 0.15) is 39.2 Å². The van der Waals surface area contributed by atoms with E-state index in [1.807, 2.05) is 13.8 Å². The lowest BCUT2D eigenvalue weighted by atomic mass is 9.82. The van der Waals surface area contributed by atoms with Gasteiger partial charge in [-0.05, 0) is 25.8 Å². The van der Waals surface area contributed by atoms with Crippen LogP contribution in [0.3, 0.4) is 0 Å². The molecule has 0 heterocycles. The molecule has 0 atom stereocenters. The van der Waals surface area contributed by atoms with E-state index in [9.17, 15) is 18.7 Å². The van der Waals surface area contributed by atoms with Gasteiger partial charge in [0.25, 0.3) is 0 Å². The summed E-state index contributed by atoms with van der Waals surface area (Å²) in [6.07, 6.45) is 0.955. The fourth-order valence-electron chi connectivity index (χ4n) is 2.51. The molecule has 24 heavy (non-hydrogen) atoms. The van der Waals surface area contributed by atoms with Gasteiger partial charge >= 0.3 is 12.6 Å². The highest BCUT2D eigenvalue weighted by molar-refractivity contribution is 5.74. The highest BCUT2D eigenvalue weighted by Crippen LogP contribution is 2.33. The Morgan fingerprint density at radius 1 is 1.29 bits per heavy atom. The summed E-state index contributed by atoms with van der Waals surface area (Å²) in [6.45, 7) is 3.20. The van der Waals surface area contributed by atoms with Crippen LogP contribution in [0.4, 0.5) is 8.78 Å². The normalized spacial score (nSPS) is 11.6. The third-order valence-corrected chi connectivity index (χ3v) is 4.15. The highest BCUT2D eigenvalue weighted by Gasteiger charge is 2.34. The van der Waals surface area contributed by atoms with Crippen LogP contribution in [0.15, 0.2) is 18.2 Å². The van der Waals surface area contributed by atoms with E-state index in [-0.39, 0.29) is 24.6 Å². The molecule has 1 rings (SSSR count). The van der Waals surface area contributed by atoms with Crippen molar-refractivity contribution in [2.45, 2.75) is 46.8 Å². The third-order valence-electron chi connectivity index (χ3n) is 4.15. The maximum Gasteiger partial charge on any atom is 0.387 e. The van der Waals surface area contributed by atoms with Gasteiger partial charge in [0.05, 0.1) is 12.0 Å². The largest absolute Gasteiger partial charge is 0.490 e. The Bertz CT molecular complexity index is 533. The van der Waals surface area contributed by atoms with Crippen LogP contribution in [0.25, 0.3) is 0 Å². The van der Waals surface area contributed by atoms with Crippen LogP contribution in [0.2, 0.25) is 0 Å². The summed E-state index contributed by atoms with van der Waals surface area (Å²) in [5, 5.41) is 12.5. The zero-order valence-corrected chi connectivity index (χ0v) is 14.3. The van der Waals surface area contributed by atoms with Crippen molar-refractivity contribution in [2.75, 3.05) is 13.2 Å². The molecular weight excluding hydrogens is 320 g/mol. The Labute approximate surface area is 141 Å². The van der Waals surface area contributed by atoms with Crippen molar-refractivity contribution in [3.63, 3.8) is 0 Å². The highest BCUT2D eigenvalue weighted by atomic mass is 19.3. The van der Waals surface area contributed by atoms with Crippen molar-refractivity contribution in [2.24, 2.45) is 5.41 Å². The average molecular weight is 345 g/mol. The van der Waals surface area contributed by atoms with E-state index in [1.54, 1.807) is 25.1 Å². The monoisotopic (exact) mass is 345 g/mol. The first-order chi connectivity index (χ1) is 11.4. The number of benzene rings is 1. The summed E-state index contributed by atoms with van der Waals surface area (Å²) in [6, 6.07) is 4.89. The topological polar surface area (TPSA) is 67.8 Å². The number of hydrogen-bond acceptors (Lipinski definition) is 4. The van der Waals surface area contributed by atoms with Gasteiger partial charge in [0.1, 0.15) is 0 Å². The van der Waals surface area contributed by atoms with Gasteiger partial charge in [0.2, 0.25) is 0 Å². The number of carbonyl (C=O) groups is 1. The number of aliphatic carboxylic acids is 1. The van der Waals surface area contributed by atoms with Crippen molar-refractivity contribution < 1.29 is 28.2 Å². The van der Waals surface area contributed by atoms with Crippen LogP contribution in [0.5, 0.6) is 11.5 Å². The van der Waals surface area contributed by atoms with E-state index in [0.717, 1.165) is 0 Å². The standard InChI is InChI=1S/C17H25F2NO4/c1-4-17(5-2,15(21)22)11-20-10-12-8-7-9-13(23-6-3)14(12)24-16(18)19/h7-9,16,20H,4-6,10-11H2,1-3H3,(H,21,22). The van der Waals surface area contributed by atoms with Gasteiger partial charge < -0.3 is 19.9 Å². The van der Waals surface area contributed by atoms with Gasteiger partial charge in [-0.15, -0.1) is 0 Å². The first-order valence-corrected chi connectivity index (χ1v) is 8.03. The summed E-state index contributed by atoms with van der Waals surface area (Å²) in [5.74, 6) is -0.643. The minimum atomic E-state index is -2.96. The number of hydrogen-bond donors (Lipinski definition) is 2. The van der Waals surface area contributed by atoms with Crippen LogP contribution in [-0.4, -0.2) is 30.8 Å². The molecule has 0 amide bonds. The van der Waals surface area contributed by atoms with Crippen LogP contribution >= 0.6 is 0 Å². The third kappa shape index (κ3) is 5.06. The quantitative estimate of drug-likeness (QED) is 0.640. The molecule has 1 aromatic rings. The summed E-state index contributed by atoms with van der Waals surface area (Å²) >= 11 is 0. The Balaban J connectivity index is 2.90. The second-order valence-corrected chi connectivity index (χ2v) is 5.45. The Morgan fingerprint density at radius 3 is 2.46 bits per heavy atom. The molecule has 0 aromatic heterocycles. The predicted octanol–water partition coefficient (Wildman–Crippen LogP) is 3.67. The van der Waals surface area contributed by atoms with Gasteiger partial charge in [-0.3, -0.25) is 4.79 Å². The molecule has 2 N–H and O–H groups in total. The van der Waals surface area contributed by atoms with E-state index in [0.29, 0.717) is 25.0 Å². The fourth-order valence-corrected chi connectivity index (χ4v) is 2.51. The molecule has 5 nitrogen and oxygen atoms in total. The van der Waals surface area contributed by atoms with Gasteiger partial charge in [-0.25, -0.2) is 0 Å². The number of ether oxygens (including phenoxy) is 2. The van der Waals surface area contributed by atoms with E-state index >= 15 is 0 Å². The van der Waals surface area contributed by atoms with Crippen LogP contribution in [-0.2, 0) is 11.3 Å². The van der Waals surface area contributed by atoms with Gasteiger partial charge in [0, 0.05) is 18.7 Å². The number of halogens is 2. The smallest absolute Gasteiger partial charge is 0.387 e. The lowest BCUT2D eigenvalue weighted by Crippen LogP contribution is -2.40. The molecule has 0 spiro atoms. The van der Waals surface area contributed by atoms with E-state index < -0.39 is 18.0 Å². The molecule has 0 unspecified atom stereocenters. The molecule has 0 saturated heterocycles. The first-order valence-electron chi connectivity index (χ1n) is 8.03. The summed E-state index contributed by atoms with van der Waals surface area (Å²) in [5.41, 5.74) is -0.380. The second kappa shape index (κ2) is 9.42. The molecule has 7 heteroatoms. The first kappa shape index (κ1) is 20.2. The van der Waals surface area contributed by atoms with Crippen molar-refractivity contribution in [1.29, 1.82) is 0 Å². The molecule has 136 valence electrons. The summed E-state index contributed by atoms with van der Waals surface area (Å²) < 4.78 is 35.3. The maximum absolute atomic E-state index is 12.7. The van der Waals surface area contributed by atoms with E-state index in [1.165, 1.54) is 0 Å². The molecule has 1 aromatic carbocycles. The van der Waals surface area contributed by atoms with Crippen molar-refractivity contribution >= 4 is 5.97 Å². The molecular formula is C17H25F2NO4. The second-order valence-electron chi connectivity index (χ2n) is 5.45. The number of carboxylic acids is 1. The number of alkyl halides is 2. The number of para-hydroxylation sites is 1. The van der Waals surface area contributed by atoms with Crippen LogP contribution < -0.4 is 14.8 Å². The Morgan fingerprint density at radius 2 is 1.96 bits per heavy atom. The van der Waals surface area contributed by atoms with Crippen LogP contribution in [0, 0.1) is 5.41 Å². The minimum absolute atomic E-state index is 0.0178. The van der Waals surface area contributed by atoms with Gasteiger partial charge in [-0.1, -0.05) is 26.0 Å². The molecule has 0 radical (unpaired) electrons. The maximum atomic E-state index is 12.7. The Hall–Kier alpha value is -1.89. The van der Waals surface area contributed by atoms with Gasteiger partial charge in [-0.2, -0.15) is 8.78 Å². The zero-order valence-electron chi connectivity index (χ0n) is 14.3. The lowest BCUT2D eigenvalue weighted by Gasteiger charge is -2.27. The molecule has 0 saturated carbocycles. The predicted molar refractivity (Wildman–Crippen MR) is 86.6 cm³/mol. The number of nitrogens with one attached hydrogen (secondary N) is 1. The fraction of sp³-hybridized carbons (Fsp3) is 0.588. The minimum Gasteiger partial charge on any atom is -0.490 e. The molecule has 0 fully saturated rings. The van der Waals surface area contributed by atoms with Gasteiger partial charge in [0.15, 0.2) is 11.5 Å². The zero-order chi connectivity index (χ0) is 18.2. The Kier molecular flexibility index (Phi) is 7.91. The average Bonchev–Trinajstić information content (AvgIpc) is 2.54. The van der Waals surface area contributed by atoms with Crippen molar-refractivity contribution in [3.05, 3.63) is 23.8 Å². The summed E-state index contributed by atoms with van der Waals surface area (Å²) in [4.78, 5) is 11.5. The lowest BCUT2D eigenvalue weighted by molar-refractivity contribution is -0.149. The SMILES string of the molecule is CCOc1cccc(CNCC(CC)(CC)C(=O)O)c1OC(F)F. The number of rotatable bonds is 11. The van der Waals surface area contributed by atoms with Crippen molar-refractivity contribution in [3.8, 4) is 11.5 Å². The molecule has 0 bridgehead atoms. The molecule has 0 aliphatic carbocycles. The summed E-state index contributed by atoms with van der Waals surface area (Å²) in [7, 11) is 0. The van der Waals surface area contributed by atoms with E-state index in [4.69, 9.17) is 4.74 Å². The molecule has 0 aliphatic rings. The molecule has 0 aliphatic heterocycles. The van der Waals surface area contributed by atoms with Crippen molar-refractivity contribution in [1.82, 2.24) is 5.32 Å². The van der Waals surface area contributed by atoms with E-state index in [2.05, 4.69) is 10.1 Å².